The van der Waals surface area contributed by atoms with Gasteiger partial charge in [-0.15, -0.1) is 0 Å². The third-order valence-corrected chi connectivity index (χ3v) is 20.0. The number of hydrogen-bond acceptors (Lipinski definition) is 22. The second kappa shape index (κ2) is 22.3. The molecule has 92 heavy (non-hydrogen) atoms. The van der Waals surface area contributed by atoms with Gasteiger partial charge in [-0.05, 0) is 132 Å². The molecule has 0 spiro atoms. The van der Waals surface area contributed by atoms with Gasteiger partial charge in [0.1, 0.15) is 11.6 Å². The van der Waals surface area contributed by atoms with Gasteiger partial charge in [-0.1, -0.05) is 23.3 Å². The molecular formula is C70H68N4O18. The van der Waals surface area contributed by atoms with Crippen LogP contribution in [0.25, 0.3) is 98.3 Å². The number of fused-ring (bicyclic) bond motifs is 8. The summed E-state index contributed by atoms with van der Waals surface area (Å²) >= 11 is 0. The van der Waals surface area contributed by atoms with E-state index < -0.39 is 82.6 Å². The number of aliphatic hydroxyl groups excluding tert-OH is 8. The van der Waals surface area contributed by atoms with E-state index in [1.807, 2.05) is 12.2 Å². The number of nitrogens with one attached hydrogen (secondary N) is 4. The summed E-state index contributed by atoms with van der Waals surface area (Å²) in [5.41, 5.74) is 2.69. The molecule has 2 heterocycles. The number of anilines is 4. The van der Waals surface area contributed by atoms with Crippen molar-refractivity contribution in [3.63, 3.8) is 0 Å². The highest BCUT2D eigenvalue weighted by Gasteiger charge is 2.43. The van der Waals surface area contributed by atoms with E-state index in [0.717, 1.165) is 0 Å². The normalized spacial score (nSPS) is 16.9. The van der Waals surface area contributed by atoms with Crippen molar-refractivity contribution in [3.05, 3.63) is 121 Å². The van der Waals surface area contributed by atoms with Crippen LogP contribution in [0.1, 0.15) is 110 Å². The van der Waals surface area contributed by atoms with Crippen molar-refractivity contribution in [3.8, 4) is 23.0 Å². The summed E-state index contributed by atoms with van der Waals surface area (Å²) in [5.74, 6) is -3.20. The molecule has 22 nitrogen and oxygen atoms in total. The summed E-state index contributed by atoms with van der Waals surface area (Å²) < 4.78 is 11.5. The van der Waals surface area contributed by atoms with Gasteiger partial charge in [0.05, 0.1) is 108 Å². The van der Waals surface area contributed by atoms with Crippen LogP contribution in [-0.2, 0) is 36.0 Å². The number of ketones is 2. The third kappa shape index (κ3) is 8.34. The Labute approximate surface area is 522 Å². The Bertz CT molecular complexity index is 4860. The van der Waals surface area contributed by atoms with Crippen LogP contribution < -0.4 is 52.5 Å². The molecule has 2 aliphatic carbocycles. The number of aromatic hydroxyl groups is 2. The van der Waals surface area contributed by atoms with Gasteiger partial charge in [0, 0.05) is 94.1 Å². The highest BCUT2D eigenvalue weighted by Crippen LogP contribution is 2.60. The van der Waals surface area contributed by atoms with Crippen LogP contribution >= 0.6 is 0 Å². The third-order valence-electron chi connectivity index (χ3n) is 20.0. The topological polar surface area (TPSA) is 371 Å². The van der Waals surface area contributed by atoms with Gasteiger partial charge < -0.3 is 81.8 Å². The number of Topliss-reactive ketones (excluding diaryl/α,β-unsaturated/α-hetero) is 2. The number of carbonyl (C=O) groups is 2. The Morgan fingerprint density at radius 3 is 1.00 bits per heavy atom. The number of benzene rings is 10. The Morgan fingerprint density at radius 2 is 0.728 bits per heavy atom. The molecular weight excluding hydrogens is 1180 g/mol. The number of carbonyl (C=O) groups excluding carboxylic acids is 2. The van der Waals surface area contributed by atoms with E-state index in [0.29, 0.717) is 134 Å². The SMILES string of the molecule is COc1c(O)c2c(=O)cc(CO)c3c4c(CO)cc(=O)c5c6c(c7c(c(c1C(C(C)=O)C(C)=C7)c23)c54)NCC(CCO)(CCO)N6.COc1c(O)c2c(=O)cc(CO)c3c4c(CO)cc(=O)c5c6c(c7c(c(c1C(C(C)=O)C(C)=C7)c23)c54)NCC(CCO)(CCO)N6. The predicted molar refractivity (Wildman–Crippen MR) is 354 cm³/mol. The van der Waals surface area contributed by atoms with Gasteiger partial charge in [-0.3, -0.25) is 28.8 Å². The minimum Gasteiger partial charge on any atom is -0.504 e. The largest absolute Gasteiger partial charge is 0.504 e. The van der Waals surface area contributed by atoms with Crippen LogP contribution in [0.5, 0.6) is 23.0 Å². The van der Waals surface area contributed by atoms with Crippen molar-refractivity contribution in [1.29, 1.82) is 0 Å². The molecule has 0 bridgehead atoms. The molecule has 14 rings (SSSR count). The smallest absolute Gasteiger partial charge is 0.190 e. The lowest BCUT2D eigenvalue weighted by Crippen LogP contribution is -2.49. The molecule has 0 saturated heterocycles. The second-order valence-corrected chi connectivity index (χ2v) is 25.0. The van der Waals surface area contributed by atoms with Gasteiger partial charge in [0.15, 0.2) is 44.7 Å². The van der Waals surface area contributed by atoms with Crippen molar-refractivity contribution in [2.24, 2.45) is 0 Å². The first-order chi connectivity index (χ1) is 44.1. The fourth-order valence-corrected chi connectivity index (χ4v) is 16.3. The van der Waals surface area contributed by atoms with Crippen molar-refractivity contribution in [1.82, 2.24) is 0 Å². The highest BCUT2D eigenvalue weighted by atomic mass is 16.5. The summed E-state index contributed by atoms with van der Waals surface area (Å²) in [4.78, 5) is 82.7. The maximum atomic E-state index is 14.2. The summed E-state index contributed by atoms with van der Waals surface area (Å²) in [5, 5.41) is 125. The highest BCUT2D eigenvalue weighted by molar-refractivity contribution is 6.42. The molecule has 0 fully saturated rings. The zero-order valence-electron chi connectivity index (χ0n) is 51.3. The van der Waals surface area contributed by atoms with E-state index in [1.165, 1.54) is 52.3 Å². The van der Waals surface area contributed by atoms with Crippen molar-refractivity contribution in [2.45, 2.75) is 103 Å². The van der Waals surface area contributed by atoms with Crippen LogP contribution in [0.4, 0.5) is 22.7 Å². The molecule has 2 atom stereocenters. The van der Waals surface area contributed by atoms with Gasteiger partial charge >= 0.3 is 0 Å². The van der Waals surface area contributed by atoms with Gasteiger partial charge in [-0.25, -0.2) is 0 Å². The molecule has 14 N–H and O–H groups in total. The molecule has 2 unspecified atom stereocenters. The van der Waals surface area contributed by atoms with E-state index in [9.17, 15) is 79.8 Å². The molecule has 476 valence electrons. The Balaban J connectivity index is 0.000000168. The lowest BCUT2D eigenvalue weighted by molar-refractivity contribution is -0.118. The van der Waals surface area contributed by atoms with Crippen molar-refractivity contribution >= 4 is 133 Å². The molecule has 0 radical (unpaired) electrons. The van der Waals surface area contributed by atoms with Crippen LogP contribution in [0.3, 0.4) is 0 Å². The standard InChI is InChI=1S/2C35H34N2O9/c2*1-14-8-18-24-27-22(16(11-40)9-19(43)25(27)32-31(18)36-13-35(37-32,4-6-38)5-7-39)23-17(12-41)10-20(44)26-28(23)29(24)30(21(14)15(2)42)34(46-3)33(26)45/h2*8-10,21,36-41,45H,4-7,11-13H2,1-3H3. The minimum atomic E-state index is -0.896. The van der Waals surface area contributed by atoms with Crippen LogP contribution in [0, 0.1) is 0 Å². The number of ether oxygens (including phenoxy) is 2. The Morgan fingerprint density at radius 1 is 0.435 bits per heavy atom. The number of hydrogen-bond donors (Lipinski definition) is 14. The number of rotatable bonds is 16. The first-order valence-corrected chi connectivity index (χ1v) is 30.4. The Kier molecular flexibility index (Phi) is 15.0. The van der Waals surface area contributed by atoms with Gasteiger partial charge in [-0.2, -0.15) is 0 Å². The van der Waals surface area contributed by atoms with Crippen LogP contribution in [0.2, 0.25) is 0 Å². The molecule has 0 saturated carbocycles. The minimum absolute atomic E-state index is 0.0333. The maximum absolute atomic E-state index is 14.2. The van der Waals surface area contributed by atoms with E-state index >= 15 is 0 Å². The zero-order valence-corrected chi connectivity index (χ0v) is 51.3. The molecule has 22 heteroatoms. The lowest BCUT2D eigenvalue weighted by atomic mass is 9.78. The summed E-state index contributed by atoms with van der Waals surface area (Å²) in [6.45, 7) is 4.23. The zero-order chi connectivity index (χ0) is 65.6. The molecule has 2 aliphatic heterocycles. The molecule has 0 amide bonds. The summed E-state index contributed by atoms with van der Waals surface area (Å²) in [6.07, 6.45) is 4.83. The van der Waals surface area contributed by atoms with E-state index in [4.69, 9.17) is 9.47 Å². The second-order valence-electron chi connectivity index (χ2n) is 25.0. The van der Waals surface area contributed by atoms with Crippen LogP contribution in [-0.4, -0.2) is 127 Å². The average Bonchev–Trinajstić information content (AvgIpc) is 1.11. The maximum Gasteiger partial charge on any atom is 0.190 e. The van der Waals surface area contributed by atoms with Crippen molar-refractivity contribution in [2.75, 3.05) is 75.0 Å². The Hall–Kier alpha value is -9.10. The summed E-state index contributed by atoms with van der Waals surface area (Å²) in [6, 6.07) is 5.15. The number of methoxy groups -OCH3 is 2. The molecule has 10 aromatic rings. The van der Waals surface area contributed by atoms with E-state index in [-0.39, 0.29) is 119 Å². The van der Waals surface area contributed by atoms with Gasteiger partial charge in [0.25, 0.3) is 0 Å². The quantitative estimate of drug-likeness (QED) is 0.0387. The number of phenols is 2. The number of aliphatic hydroxyl groups is 8. The molecule has 4 aliphatic rings. The van der Waals surface area contributed by atoms with Crippen LogP contribution in [0.15, 0.2) is 54.6 Å². The summed E-state index contributed by atoms with van der Waals surface area (Å²) in [7, 11) is 2.71. The van der Waals surface area contributed by atoms with Gasteiger partial charge in [0.2, 0.25) is 0 Å². The van der Waals surface area contributed by atoms with E-state index in [1.54, 1.807) is 13.8 Å². The predicted octanol–water partition coefficient (Wildman–Crippen LogP) is 6.05. The number of phenolic OH excluding ortho intramolecular Hbond substituents is 2. The fourth-order valence-electron chi connectivity index (χ4n) is 16.3. The number of allylic oxidation sites excluding steroid dienone is 2. The lowest BCUT2D eigenvalue weighted by Gasteiger charge is -2.41. The molecule has 10 aromatic carbocycles. The fraction of sp³-hybridized carbons (Fsp3) is 0.343. The first kappa shape index (κ1) is 61.7. The van der Waals surface area contributed by atoms with E-state index in [2.05, 4.69) is 21.3 Å². The molecule has 0 aromatic heterocycles. The monoisotopic (exact) mass is 1250 g/mol. The van der Waals surface area contributed by atoms with Crippen molar-refractivity contribution < 1.29 is 70.1 Å². The average molecular weight is 1250 g/mol. The first-order valence-electron chi connectivity index (χ1n) is 30.4.